The maximum Gasteiger partial charge on any atom is 0.295 e. The van der Waals surface area contributed by atoms with Crippen LogP contribution < -0.4 is 0 Å². The number of rotatable bonds is 17. The summed E-state index contributed by atoms with van der Waals surface area (Å²) in [6.45, 7) is 4.80. The first-order chi connectivity index (χ1) is 18.5. The second-order valence-electron chi connectivity index (χ2n) is 10.9. The molecule has 1 saturated heterocycles. The summed E-state index contributed by atoms with van der Waals surface area (Å²) >= 11 is 0. The van der Waals surface area contributed by atoms with Gasteiger partial charge in [-0.2, -0.15) is 0 Å². The molecule has 0 saturated carbocycles. The molecule has 1 heterocycles. The Hall–Kier alpha value is -2.88. The number of hydrogen-bond donors (Lipinski definition) is 1. The number of unbranched alkanes of at least 4 members (excludes halogenated alkanes) is 13. The lowest BCUT2D eigenvalue weighted by atomic mass is 9.94. The number of hydrogen-bond acceptors (Lipinski definition) is 3. The summed E-state index contributed by atoms with van der Waals surface area (Å²) in [5.74, 6) is -1.21. The first-order valence-electron chi connectivity index (χ1n) is 14.9. The Kier molecular flexibility index (Phi) is 12.6. The molecule has 206 valence electrons. The van der Waals surface area contributed by atoms with Gasteiger partial charge >= 0.3 is 0 Å². The van der Waals surface area contributed by atoms with E-state index in [4.69, 9.17) is 0 Å². The Bertz CT molecular complexity index is 1030. The van der Waals surface area contributed by atoms with Crippen LogP contribution in [-0.2, 0) is 9.59 Å². The number of carbonyl (C=O) groups excluding carboxylic acids is 2. The SMILES string of the molecule is CCCCCCCCCCCCCCCCN1C(=O)C(=O)C(=C(O)c2ccccc2)[C@@H]1c1ccc(C)cc1. The highest BCUT2D eigenvalue weighted by Gasteiger charge is 2.45. The minimum atomic E-state index is -0.595. The van der Waals surface area contributed by atoms with Gasteiger partial charge in [0.2, 0.25) is 0 Å². The van der Waals surface area contributed by atoms with Crippen molar-refractivity contribution >= 4 is 17.4 Å². The molecule has 4 heteroatoms. The fourth-order valence-electron chi connectivity index (χ4n) is 5.43. The lowest BCUT2D eigenvalue weighted by Crippen LogP contribution is -2.30. The molecule has 2 aromatic rings. The van der Waals surface area contributed by atoms with Gasteiger partial charge in [-0.1, -0.05) is 151 Å². The van der Waals surface area contributed by atoms with Gasteiger partial charge in [-0.15, -0.1) is 0 Å². The summed E-state index contributed by atoms with van der Waals surface area (Å²) in [7, 11) is 0. The third kappa shape index (κ3) is 8.58. The van der Waals surface area contributed by atoms with Crippen LogP contribution in [-0.4, -0.2) is 28.2 Å². The average molecular weight is 518 g/mol. The smallest absolute Gasteiger partial charge is 0.295 e. The van der Waals surface area contributed by atoms with Crippen LogP contribution in [0.15, 0.2) is 60.2 Å². The maximum absolute atomic E-state index is 13.1. The van der Waals surface area contributed by atoms with Crippen LogP contribution in [0.2, 0.25) is 0 Å². The van der Waals surface area contributed by atoms with E-state index >= 15 is 0 Å². The molecule has 0 unspecified atom stereocenters. The molecule has 0 aliphatic carbocycles. The Morgan fingerprint density at radius 3 is 1.74 bits per heavy atom. The molecule has 1 aliphatic rings. The van der Waals surface area contributed by atoms with E-state index in [0.29, 0.717) is 12.1 Å². The predicted octanol–water partition coefficient (Wildman–Crippen LogP) is 8.90. The van der Waals surface area contributed by atoms with Crippen LogP contribution in [0.3, 0.4) is 0 Å². The molecular weight excluding hydrogens is 470 g/mol. The standard InChI is InChI=1S/C34H47NO3/c1-3-4-5-6-7-8-9-10-11-12-13-14-15-19-26-35-31(28-24-22-27(2)23-25-28)30(33(37)34(35)38)32(36)29-20-17-16-18-21-29/h16-18,20-25,31,36H,3-15,19,26H2,1-2H3/t31-/m0/s1. The Balaban J connectivity index is 1.50. The van der Waals surface area contributed by atoms with Crippen molar-refractivity contribution in [2.75, 3.05) is 6.54 Å². The number of aliphatic hydroxyl groups is 1. The highest BCUT2D eigenvalue weighted by molar-refractivity contribution is 6.46. The van der Waals surface area contributed by atoms with Gasteiger partial charge < -0.3 is 10.0 Å². The lowest BCUT2D eigenvalue weighted by Gasteiger charge is -2.25. The number of benzene rings is 2. The maximum atomic E-state index is 13.1. The highest BCUT2D eigenvalue weighted by atomic mass is 16.3. The molecule has 0 aromatic heterocycles. The van der Waals surface area contributed by atoms with Crippen molar-refractivity contribution in [3.63, 3.8) is 0 Å². The van der Waals surface area contributed by atoms with Gasteiger partial charge in [-0.3, -0.25) is 9.59 Å². The van der Waals surface area contributed by atoms with Crippen molar-refractivity contribution in [3.05, 3.63) is 76.9 Å². The van der Waals surface area contributed by atoms with Crippen molar-refractivity contribution < 1.29 is 14.7 Å². The molecule has 0 bridgehead atoms. The van der Waals surface area contributed by atoms with Crippen LogP contribution >= 0.6 is 0 Å². The summed E-state index contributed by atoms with van der Waals surface area (Å²) in [6, 6.07) is 16.4. The minimum Gasteiger partial charge on any atom is -0.507 e. The number of Topliss-reactive ketones (excluding diaryl/α,β-unsaturated/α-hetero) is 1. The minimum absolute atomic E-state index is 0.0991. The number of aliphatic hydroxyl groups excluding tert-OH is 1. The van der Waals surface area contributed by atoms with E-state index in [9.17, 15) is 14.7 Å². The first kappa shape index (κ1) is 29.7. The third-order valence-electron chi connectivity index (χ3n) is 7.73. The van der Waals surface area contributed by atoms with Crippen LogP contribution in [0.1, 0.15) is 120 Å². The molecular formula is C34H47NO3. The Morgan fingerprint density at radius 2 is 1.21 bits per heavy atom. The average Bonchev–Trinajstić information content (AvgIpc) is 3.18. The van der Waals surface area contributed by atoms with Gasteiger partial charge in [-0.05, 0) is 18.9 Å². The molecule has 38 heavy (non-hydrogen) atoms. The number of likely N-dealkylation sites (tertiary alicyclic amines) is 1. The second-order valence-corrected chi connectivity index (χ2v) is 10.9. The molecule has 1 aliphatic heterocycles. The van der Waals surface area contributed by atoms with Crippen molar-refractivity contribution in [1.29, 1.82) is 0 Å². The largest absolute Gasteiger partial charge is 0.507 e. The Morgan fingerprint density at radius 1 is 0.711 bits per heavy atom. The van der Waals surface area contributed by atoms with Gasteiger partial charge in [-0.25, -0.2) is 0 Å². The summed E-state index contributed by atoms with van der Waals surface area (Å²) in [6.07, 6.45) is 17.8. The lowest BCUT2D eigenvalue weighted by molar-refractivity contribution is -0.139. The summed E-state index contributed by atoms with van der Waals surface area (Å²) in [5.41, 5.74) is 2.72. The van der Waals surface area contributed by atoms with E-state index in [1.54, 1.807) is 17.0 Å². The van der Waals surface area contributed by atoms with Gasteiger partial charge in [0.1, 0.15) is 5.76 Å². The van der Waals surface area contributed by atoms with Crippen molar-refractivity contribution in [2.45, 2.75) is 110 Å². The van der Waals surface area contributed by atoms with Gasteiger partial charge in [0, 0.05) is 12.1 Å². The molecule has 1 N–H and O–H groups in total. The first-order valence-corrected chi connectivity index (χ1v) is 14.9. The van der Waals surface area contributed by atoms with Crippen LogP contribution in [0.4, 0.5) is 0 Å². The van der Waals surface area contributed by atoms with Crippen LogP contribution in [0.25, 0.3) is 5.76 Å². The van der Waals surface area contributed by atoms with E-state index in [2.05, 4.69) is 6.92 Å². The molecule has 1 fully saturated rings. The molecule has 3 rings (SSSR count). The van der Waals surface area contributed by atoms with Crippen molar-refractivity contribution in [1.82, 2.24) is 4.90 Å². The number of carbonyl (C=O) groups is 2. The fourth-order valence-corrected chi connectivity index (χ4v) is 5.43. The molecule has 0 radical (unpaired) electrons. The van der Waals surface area contributed by atoms with Gasteiger partial charge in [0.05, 0.1) is 11.6 Å². The second kappa shape index (κ2) is 16.2. The van der Waals surface area contributed by atoms with E-state index in [1.807, 2.05) is 49.4 Å². The van der Waals surface area contributed by atoms with Gasteiger partial charge in [0.25, 0.3) is 11.7 Å². The quantitative estimate of drug-likeness (QED) is 0.0986. The number of aryl methyl sites for hydroxylation is 1. The van der Waals surface area contributed by atoms with E-state index in [-0.39, 0.29) is 11.3 Å². The number of ketones is 1. The molecule has 0 spiro atoms. The zero-order valence-electron chi connectivity index (χ0n) is 23.6. The van der Waals surface area contributed by atoms with E-state index in [0.717, 1.165) is 30.4 Å². The zero-order chi connectivity index (χ0) is 27.2. The van der Waals surface area contributed by atoms with Crippen LogP contribution in [0.5, 0.6) is 0 Å². The summed E-state index contributed by atoms with van der Waals surface area (Å²) in [4.78, 5) is 27.9. The zero-order valence-corrected chi connectivity index (χ0v) is 23.6. The summed E-state index contributed by atoms with van der Waals surface area (Å²) < 4.78 is 0. The number of amides is 1. The highest BCUT2D eigenvalue weighted by Crippen LogP contribution is 2.39. The Labute approximate surface area is 230 Å². The van der Waals surface area contributed by atoms with Crippen molar-refractivity contribution in [2.24, 2.45) is 0 Å². The fraction of sp³-hybridized carbons (Fsp3) is 0.529. The monoisotopic (exact) mass is 517 g/mol. The summed E-state index contributed by atoms with van der Waals surface area (Å²) in [5, 5.41) is 11.1. The van der Waals surface area contributed by atoms with E-state index < -0.39 is 17.7 Å². The topological polar surface area (TPSA) is 57.6 Å². The molecule has 1 amide bonds. The van der Waals surface area contributed by atoms with E-state index in [1.165, 1.54) is 70.6 Å². The molecule has 4 nitrogen and oxygen atoms in total. The normalized spacial score (nSPS) is 16.9. The number of nitrogens with zero attached hydrogens (tertiary/aromatic N) is 1. The molecule has 1 atom stereocenters. The van der Waals surface area contributed by atoms with Crippen LogP contribution in [0, 0.1) is 6.92 Å². The van der Waals surface area contributed by atoms with Crippen molar-refractivity contribution in [3.8, 4) is 0 Å². The predicted molar refractivity (Wildman–Crippen MR) is 157 cm³/mol. The molecule has 2 aromatic carbocycles. The third-order valence-corrected chi connectivity index (χ3v) is 7.73. The van der Waals surface area contributed by atoms with Gasteiger partial charge in [0.15, 0.2) is 0 Å².